The van der Waals surface area contributed by atoms with Crippen molar-refractivity contribution in [1.82, 2.24) is 0 Å². The van der Waals surface area contributed by atoms with E-state index in [1.807, 2.05) is 6.92 Å². The molecule has 1 N–H and O–H groups in total. The maximum absolute atomic E-state index is 10.2. The summed E-state index contributed by atoms with van der Waals surface area (Å²) in [5.41, 5.74) is -0.475. The number of ether oxygens (including phenoxy) is 1. The van der Waals surface area contributed by atoms with Crippen molar-refractivity contribution in [1.29, 1.82) is 0 Å². The Bertz CT molecular complexity index is 170. The van der Waals surface area contributed by atoms with E-state index in [1.165, 1.54) is 0 Å². The van der Waals surface area contributed by atoms with Crippen LogP contribution in [0.15, 0.2) is 0 Å². The van der Waals surface area contributed by atoms with E-state index in [4.69, 9.17) is 4.74 Å². The van der Waals surface area contributed by atoms with Crippen LogP contribution in [0, 0.1) is 11.8 Å². The minimum atomic E-state index is -0.475. The maximum atomic E-state index is 10.2. The van der Waals surface area contributed by atoms with Gasteiger partial charge in [-0.1, -0.05) is 0 Å². The molecule has 1 saturated carbocycles. The molecule has 0 radical (unpaired) electrons. The van der Waals surface area contributed by atoms with Crippen molar-refractivity contribution < 1.29 is 9.84 Å². The van der Waals surface area contributed by atoms with Gasteiger partial charge in [0.25, 0.3) is 0 Å². The molecule has 1 unspecified atom stereocenters. The Hall–Kier alpha value is -0.0800. The van der Waals surface area contributed by atoms with Crippen LogP contribution in [-0.2, 0) is 4.74 Å². The van der Waals surface area contributed by atoms with Gasteiger partial charge >= 0.3 is 0 Å². The van der Waals surface area contributed by atoms with Gasteiger partial charge in [-0.25, -0.2) is 0 Å². The quantitative estimate of drug-likeness (QED) is 0.598. The molecular weight excluding hydrogens is 152 g/mol. The molecule has 0 aromatic rings. The lowest BCUT2D eigenvalue weighted by Crippen LogP contribution is -2.51. The fourth-order valence-corrected chi connectivity index (χ4v) is 3.17. The van der Waals surface area contributed by atoms with Crippen molar-refractivity contribution in [2.75, 3.05) is 0 Å². The minimum absolute atomic E-state index is 0.230. The summed E-state index contributed by atoms with van der Waals surface area (Å²) in [6.45, 7) is 6.14. The number of aliphatic hydroxyl groups is 1. The summed E-state index contributed by atoms with van der Waals surface area (Å²) in [6.07, 6.45) is 2.72. The number of hydrogen-bond acceptors (Lipinski definition) is 2. The third-order valence-electron chi connectivity index (χ3n) is 3.85. The van der Waals surface area contributed by atoms with E-state index in [0.717, 1.165) is 12.8 Å². The normalized spacial score (nSPS) is 59.0. The largest absolute Gasteiger partial charge is 0.389 e. The van der Waals surface area contributed by atoms with Crippen molar-refractivity contribution in [2.45, 2.75) is 51.4 Å². The van der Waals surface area contributed by atoms with E-state index in [9.17, 15) is 5.11 Å². The summed E-state index contributed by atoms with van der Waals surface area (Å²) in [5.74, 6) is 0.720. The number of hydrogen-bond donors (Lipinski definition) is 1. The van der Waals surface area contributed by atoms with Crippen molar-refractivity contribution in [3.8, 4) is 0 Å². The predicted molar refractivity (Wildman–Crippen MR) is 46.8 cm³/mol. The van der Waals surface area contributed by atoms with E-state index in [1.54, 1.807) is 0 Å². The van der Waals surface area contributed by atoms with E-state index >= 15 is 0 Å². The molecule has 2 aliphatic rings. The maximum Gasteiger partial charge on any atom is 0.0725 e. The molecule has 2 bridgehead atoms. The molecule has 0 aromatic carbocycles. The molecule has 2 heteroatoms. The van der Waals surface area contributed by atoms with Crippen LogP contribution in [0.5, 0.6) is 0 Å². The minimum Gasteiger partial charge on any atom is -0.389 e. The molecule has 1 aliphatic heterocycles. The molecule has 0 aromatic heterocycles. The average Bonchev–Trinajstić information content (AvgIpc) is 2.13. The fraction of sp³-hybridized carbons (Fsp3) is 1.00. The highest BCUT2D eigenvalue weighted by atomic mass is 16.5. The summed E-state index contributed by atoms with van der Waals surface area (Å²) in [5, 5.41) is 10.2. The first-order chi connectivity index (χ1) is 5.53. The molecule has 1 saturated heterocycles. The molecule has 1 heterocycles. The van der Waals surface area contributed by atoms with Crippen LogP contribution in [0.25, 0.3) is 0 Å². The van der Waals surface area contributed by atoms with Crippen molar-refractivity contribution in [2.24, 2.45) is 11.8 Å². The summed E-state index contributed by atoms with van der Waals surface area (Å²) < 4.78 is 5.75. The van der Waals surface area contributed by atoms with Crippen LogP contribution in [0.3, 0.4) is 0 Å². The second kappa shape index (κ2) is 2.46. The van der Waals surface area contributed by atoms with Gasteiger partial charge in [-0.2, -0.15) is 0 Å². The van der Waals surface area contributed by atoms with Crippen LogP contribution in [0.4, 0.5) is 0 Å². The Morgan fingerprint density at radius 2 is 1.58 bits per heavy atom. The highest BCUT2D eigenvalue weighted by Gasteiger charge is 2.54. The molecule has 0 spiro atoms. The van der Waals surface area contributed by atoms with E-state index < -0.39 is 5.60 Å². The van der Waals surface area contributed by atoms with Gasteiger partial charge in [-0.05, 0) is 33.6 Å². The third-order valence-corrected chi connectivity index (χ3v) is 3.85. The molecule has 2 rings (SSSR count). The monoisotopic (exact) mass is 170 g/mol. The average molecular weight is 170 g/mol. The van der Waals surface area contributed by atoms with Gasteiger partial charge in [-0.3, -0.25) is 0 Å². The Morgan fingerprint density at radius 3 is 2.00 bits per heavy atom. The smallest absolute Gasteiger partial charge is 0.0725 e. The van der Waals surface area contributed by atoms with Gasteiger partial charge in [0.15, 0.2) is 0 Å². The molecule has 2 nitrogen and oxygen atoms in total. The van der Waals surface area contributed by atoms with Gasteiger partial charge in [0, 0.05) is 11.8 Å². The molecule has 2 fully saturated rings. The number of fused-ring (bicyclic) bond motifs is 2. The summed E-state index contributed by atoms with van der Waals surface area (Å²) in [6, 6.07) is 0. The second-order valence-electron chi connectivity index (χ2n) is 4.56. The lowest BCUT2D eigenvalue weighted by atomic mass is 9.78. The van der Waals surface area contributed by atoms with E-state index in [-0.39, 0.29) is 12.2 Å². The first-order valence-electron chi connectivity index (χ1n) is 4.91. The first kappa shape index (κ1) is 8.52. The van der Waals surface area contributed by atoms with Crippen LogP contribution < -0.4 is 0 Å². The van der Waals surface area contributed by atoms with Crippen LogP contribution in [0.1, 0.15) is 33.6 Å². The molecule has 12 heavy (non-hydrogen) atoms. The Balaban J connectivity index is 2.28. The van der Waals surface area contributed by atoms with Crippen molar-refractivity contribution in [3.63, 3.8) is 0 Å². The zero-order chi connectivity index (χ0) is 8.93. The standard InChI is InChI=1S/C10H18O2/c1-6-8-4-5-9(7(2)12-6)10(8,3)11/h6-9,11H,4-5H2,1-3H3/t6-,7+,8+,9-,10?. The van der Waals surface area contributed by atoms with Crippen molar-refractivity contribution in [3.05, 3.63) is 0 Å². The fourth-order valence-electron chi connectivity index (χ4n) is 3.17. The molecular formula is C10H18O2. The Morgan fingerprint density at radius 1 is 1.17 bits per heavy atom. The highest BCUT2D eigenvalue weighted by Crippen LogP contribution is 2.49. The second-order valence-corrected chi connectivity index (χ2v) is 4.56. The predicted octanol–water partition coefficient (Wildman–Crippen LogP) is 1.57. The van der Waals surface area contributed by atoms with Crippen molar-refractivity contribution >= 4 is 0 Å². The van der Waals surface area contributed by atoms with Crippen LogP contribution in [0.2, 0.25) is 0 Å². The van der Waals surface area contributed by atoms with Gasteiger partial charge in [-0.15, -0.1) is 0 Å². The Labute approximate surface area is 73.9 Å². The first-order valence-corrected chi connectivity index (χ1v) is 4.91. The zero-order valence-corrected chi connectivity index (χ0v) is 8.08. The third kappa shape index (κ3) is 0.944. The van der Waals surface area contributed by atoms with Crippen LogP contribution in [-0.4, -0.2) is 22.9 Å². The van der Waals surface area contributed by atoms with Gasteiger partial charge < -0.3 is 9.84 Å². The van der Waals surface area contributed by atoms with Gasteiger partial charge in [0.2, 0.25) is 0 Å². The summed E-state index contributed by atoms with van der Waals surface area (Å²) in [4.78, 5) is 0. The molecule has 5 atom stereocenters. The van der Waals surface area contributed by atoms with Gasteiger partial charge in [0.1, 0.15) is 0 Å². The summed E-state index contributed by atoms with van der Waals surface area (Å²) in [7, 11) is 0. The Kier molecular flexibility index (Phi) is 1.74. The van der Waals surface area contributed by atoms with E-state index in [0.29, 0.717) is 11.8 Å². The van der Waals surface area contributed by atoms with Crippen LogP contribution >= 0.6 is 0 Å². The molecule has 1 aliphatic carbocycles. The topological polar surface area (TPSA) is 29.5 Å². The van der Waals surface area contributed by atoms with E-state index in [2.05, 4.69) is 13.8 Å². The lowest BCUT2D eigenvalue weighted by Gasteiger charge is -2.43. The SMILES string of the molecule is C[C@@H]1O[C@H](C)[C@@H]2CC[C@H]1C2(C)O. The summed E-state index contributed by atoms with van der Waals surface area (Å²) >= 11 is 0. The number of rotatable bonds is 0. The lowest BCUT2D eigenvalue weighted by molar-refractivity contribution is -0.178. The zero-order valence-electron chi connectivity index (χ0n) is 8.08. The van der Waals surface area contributed by atoms with Gasteiger partial charge in [0.05, 0.1) is 17.8 Å². The molecule has 0 amide bonds. The highest BCUT2D eigenvalue weighted by molar-refractivity contribution is 5.03. The molecule has 70 valence electrons.